The van der Waals surface area contributed by atoms with E-state index in [4.69, 9.17) is 9.47 Å². The average Bonchev–Trinajstić information content (AvgIpc) is 2.68. The van der Waals surface area contributed by atoms with Crippen LogP contribution in [0.5, 0.6) is 11.5 Å². The highest BCUT2D eigenvalue weighted by molar-refractivity contribution is 5.89. The van der Waals surface area contributed by atoms with Crippen LogP contribution in [-0.2, 0) is 9.59 Å². The Balaban J connectivity index is 2.27. The summed E-state index contributed by atoms with van der Waals surface area (Å²) in [5.74, 6) is 0.550. The minimum atomic E-state index is -1.11. The lowest BCUT2D eigenvalue weighted by molar-refractivity contribution is -0.164. The van der Waals surface area contributed by atoms with Crippen molar-refractivity contribution in [1.29, 1.82) is 0 Å². The summed E-state index contributed by atoms with van der Waals surface area (Å²) in [6, 6.07) is 15.0. The molecule has 0 heterocycles. The molecule has 162 valence electrons. The minimum Gasteiger partial charge on any atom is -0.426 e. The van der Waals surface area contributed by atoms with E-state index in [0.717, 1.165) is 11.1 Å². The molecule has 0 unspecified atom stereocenters. The molecular weight excluding hydrogens is 376 g/mol. The maximum Gasteiger partial charge on any atom is 0.318 e. The van der Waals surface area contributed by atoms with Crippen molar-refractivity contribution in [3.8, 4) is 11.5 Å². The largest absolute Gasteiger partial charge is 0.426 e. The first-order valence-corrected chi connectivity index (χ1v) is 10.5. The van der Waals surface area contributed by atoms with Crippen molar-refractivity contribution in [1.82, 2.24) is 0 Å². The zero-order valence-electron chi connectivity index (χ0n) is 19.4. The van der Waals surface area contributed by atoms with E-state index in [2.05, 4.69) is 0 Å². The molecule has 0 aromatic heterocycles. The van der Waals surface area contributed by atoms with Gasteiger partial charge in [-0.1, -0.05) is 64.1 Å². The van der Waals surface area contributed by atoms with Crippen LogP contribution in [0.4, 0.5) is 0 Å². The van der Waals surface area contributed by atoms with Gasteiger partial charge in [0, 0.05) is 0 Å². The van der Waals surface area contributed by atoms with Gasteiger partial charge in [0.2, 0.25) is 0 Å². The number of carbonyl (C=O) groups excluding carboxylic acids is 2. The van der Waals surface area contributed by atoms with Gasteiger partial charge in [0.1, 0.15) is 11.5 Å². The fourth-order valence-corrected chi connectivity index (χ4v) is 3.07. The Bertz CT molecular complexity index is 831. The molecule has 4 nitrogen and oxygen atoms in total. The molecule has 0 N–H and O–H groups in total. The fourth-order valence-electron chi connectivity index (χ4n) is 3.07. The van der Waals surface area contributed by atoms with Crippen molar-refractivity contribution in [3.63, 3.8) is 0 Å². The number of para-hydroxylation sites is 2. The van der Waals surface area contributed by atoms with Gasteiger partial charge >= 0.3 is 11.9 Å². The van der Waals surface area contributed by atoms with Gasteiger partial charge in [0.25, 0.3) is 0 Å². The number of benzene rings is 2. The molecule has 0 saturated heterocycles. The number of rotatable bonds is 7. The molecule has 0 aliphatic carbocycles. The number of carbonyl (C=O) groups is 2. The molecule has 0 aliphatic rings. The van der Waals surface area contributed by atoms with Crippen molar-refractivity contribution in [2.75, 3.05) is 0 Å². The lowest BCUT2D eigenvalue weighted by Gasteiger charge is -2.37. The van der Waals surface area contributed by atoms with E-state index >= 15 is 0 Å². The van der Waals surface area contributed by atoms with Crippen LogP contribution in [0.1, 0.15) is 78.4 Å². The van der Waals surface area contributed by atoms with E-state index in [9.17, 15) is 9.59 Å². The van der Waals surface area contributed by atoms with E-state index in [1.54, 1.807) is 39.8 Å². The highest BCUT2D eigenvalue weighted by atomic mass is 16.5. The topological polar surface area (TPSA) is 52.6 Å². The van der Waals surface area contributed by atoms with E-state index in [0.29, 0.717) is 11.5 Å². The molecular formula is C26H34O4. The van der Waals surface area contributed by atoms with Crippen molar-refractivity contribution < 1.29 is 19.1 Å². The smallest absolute Gasteiger partial charge is 0.318 e. The van der Waals surface area contributed by atoms with Gasteiger partial charge in [-0.2, -0.15) is 0 Å². The van der Waals surface area contributed by atoms with Crippen LogP contribution in [0.15, 0.2) is 48.5 Å². The Hall–Kier alpha value is -2.62. The highest BCUT2D eigenvalue weighted by Gasteiger charge is 2.51. The van der Waals surface area contributed by atoms with Crippen molar-refractivity contribution in [2.24, 2.45) is 10.8 Å². The van der Waals surface area contributed by atoms with Crippen LogP contribution in [0.2, 0.25) is 0 Å². The second-order valence-electron chi connectivity index (χ2n) is 9.41. The van der Waals surface area contributed by atoms with Gasteiger partial charge in [-0.15, -0.1) is 0 Å². The lowest BCUT2D eigenvalue weighted by Crippen LogP contribution is -2.48. The van der Waals surface area contributed by atoms with Crippen LogP contribution in [0, 0.1) is 10.8 Å². The average molecular weight is 411 g/mol. The predicted octanol–water partition coefficient (Wildman–Crippen LogP) is 6.50. The first kappa shape index (κ1) is 23.7. The van der Waals surface area contributed by atoms with Crippen LogP contribution >= 0.6 is 0 Å². The monoisotopic (exact) mass is 410 g/mol. The van der Waals surface area contributed by atoms with Gasteiger partial charge in [0.15, 0.2) is 0 Å². The number of hydrogen-bond acceptors (Lipinski definition) is 4. The van der Waals surface area contributed by atoms with Crippen LogP contribution in [0.3, 0.4) is 0 Å². The molecule has 0 saturated carbocycles. The maximum absolute atomic E-state index is 13.2. The van der Waals surface area contributed by atoms with Gasteiger partial charge in [-0.05, 0) is 62.8 Å². The Morgan fingerprint density at radius 1 is 0.633 bits per heavy atom. The molecule has 0 spiro atoms. The summed E-state index contributed by atoms with van der Waals surface area (Å²) >= 11 is 0. The van der Waals surface area contributed by atoms with Crippen LogP contribution in [0.25, 0.3) is 0 Å². The molecule has 0 amide bonds. The third-order valence-electron chi connectivity index (χ3n) is 6.07. The second-order valence-corrected chi connectivity index (χ2v) is 9.41. The molecule has 2 aromatic carbocycles. The Labute approximate surface area is 180 Å². The Morgan fingerprint density at radius 3 is 1.23 bits per heavy atom. The van der Waals surface area contributed by atoms with Crippen molar-refractivity contribution in [2.45, 2.75) is 67.2 Å². The van der Waals surface area contributed by atoms with Gasteiger partial charge < -0.3 is 9.47 Å². The standard InChI is InChI=1S/C26H34O4/c1-17(2)19-13-9-11-15-21(19)29-23(27)25(5,6)26(7,8)24(28)30-22-16-12-10-14-20(22)18(3)4/h9-18H,1-8H3. The molecule has 2 aromatic rings. The van der Waals surface area contributed by atoms with E-state index in [1.165, 1.54) is 0 Å². The molecule has 0 fully saturated rings. The summed E-state index contributed by atoms with van der Waals surface area (Å²) in [6.07, 6.45) is 0. The predicted molar refractivity (Wildman–Crippen MR) is 120 cm³/mol. The quantitative estimate of drug-likeness (QED) is 0.386. The number of esters is 2. The third kappa shape index (κ3) is 4.75. The summed E-state index contributed by atoms with van der Waals surface area (Å²) in [7, 11) is 0. The lowest BCUT2D eigenvalue weighted by atomic mass is 9.68. The van der Waals surface area contributed by atoms with Gasteiger partial charge in [-0.3, -0.25) is 9.59 Å². The zero-order chi connectivity index (χ0) is 22.7. The van der Waals surface area contributed by atoms with E-state index in [1.807, 2.05) is 64.1 Å². The SMILES string of the molecule is CC(C)c1ccccc1OC(=O)C(C)(C)C(C)(C)C(=O)Oc1ccccc1C(C)C. The Morgan fingerprint density at radius 2 is 0.933 bits per heavy atom. The zero-order valence-corrected chi connectivity index (χ0v) is 19.4. The first-order valence-electron chi connectivity index (χ1n) is 10.5. The Kier molecular flexibility index (Phi) is 7.12. The van der Waals surface area contributed by atoms with Crippen molar-refractivity contribution in [3.05, 3.63) is 59.7 Å². The summed E-state index contributed by atoms with van der Waals surface area (Å²) in [5, 5.41) is 0. The summed E-state index contributed by atoms with van der Waals surface area (Å²) in [6.45, 7) is 15.1. The van der Waals surface area contributed by atoms with Crippen LogP contribution in [-0.4, -0.2) is 11.9 Å². The summed E-state index contributed by atoms with van der Waals surface area (Å²) in [4.78, 5) is 26.3. The molecule has 4 heteroatoms. The molecule has 0 atom stereocenters. The second kappa shape index (κ2) is 9.03. The third-order valence-corrected chi connectivity index (χ3v) is 6.07. The van der Waals surface area contributed by atoms with E-state index in [-0.39, 0.29) is 11.8 Å². The molecule has 0 aliphatic heterocycles. The van der Waals surface area contributed by atoms with E-state index < -0.39 is 22.8 Å². The van der Waals surface area contributed by atoms with Crippen molar-refractivity contribution >= 4 is 11.9 Å². The highest BCUT2D eigenvalue weighted by Crippen LogP contribution is 2.42. The maximum atomic E-state index is 13.2. The summed E-state index contributed by atoms with van der Waals surface area (Å²) in [5.41, 5.74) is -0.317. The molecule has 0 radical (unpaired) electrons. The minimum absolute atomic E-state index is 0.211. The number of ether oxygens (including phenoxy) is 2. The first-order chi connectivity index (χ1) is 13.9. The molecule has 0 bridgehead atoms. The van der Waals surface area contributed by atoms with Gasteiger partial charge in [-0.25, -0.2) is 0 Å². The molecule has 2 rings (SSSR count). The number of hydrogen-bond donors (Lipinski definition) is 0. The normalized spacial score (nSPS) is 12.2. The van der Waals surface area contributed by atoms with Crippen LogP contribution < -0.4 is 9.47 Å². The van der Waals surface area contributed by atoms with Gasteiger partial charge in [0.05, 0.1) is 10.8 Å². The summed E-state index contributed by atoms with van der Waals surface area (Å²) < 4.78 is 11.5. The fraction of sp³-hybridized carbons (Fsp3) is 0.462. The molecule has 30 heavy (non-hydrogen) atoms.